The quantitative estimate of drug-likeness (QED) is 0.254. The highest BCUT2D eigenvalue weighted by Gasteiger charge is 2.45. The molecule has 0 unspecified atom stereocenters. The van der Waals surface area contributed by atoms with Crippen molar-refractivity contribution in [3.05, 3.63) is 96.1 Å². The minimum atomic E-state index is -0.342. The number of hydrogen-bond donors (Lipinski definition) is 0. The molecule has 6 aromatic rings. The largest absolute Gasteiger partial charge is 0.456 e. The van der Waals surface area contributed by atoms with E-state index in [-0.39, 0.29) is 11.7 Å². The van der Waals surface area contributed by atoms with Crippen LogP contribution in [-0.4, -0.2) is 15.7 Å². The van der Waals surface area contributed by atoms with E-state index in [0.29, 0.717) is 0 Å². The molecule has 0 amide bonds. The molecule has 0 saturated heterocycles. The molecule has 37 heavy (non-hydrogen) atoms. The van der Waals surface area contributed by atoms with Crippen molar-refractivity contribution in [1.29, 1.82) is 0 Å². The Morgan fingerprint density at radius 3 is 2.32 bits per heavy atom. The van der Waals surface area contributed by atoms with E-state index in [2.05, 4.69) is 128 Å². The third-order valence-corrected chi connectivity index (χ3v) is 8.09. The summed E-state index contributed by atoms with van der Waals surface area (Å²) in [6.07, 6.45) is 0.0377. The lowest BCUT2D eigenvalue weighted by atomic mass is 9.84. The Balaban J connectivity index is 1.46. The number of anilines is 3. The molecule has 1 atom stereocenters. The summed E-state index contributed by atoms with van der Waals surface area (Å²) in [6.45, 7) is 9.17. The fourth-order valence-corrected chi connectivity index (χ4v) is 6.61. The highest BCUT2D eigenvalue weighted by molar-refractivity contribution is 6.08. The van der Waals surface area contributed by atoms with E-state index in [1.54, 1.807) is 0 Å². The van der Waals surface area contributed by atoms with Gasteiger partial charge in [-0.05, 0) is 75.2 Å². The zero-order chi connectivity index (χ0) is 25.5. The van der Waals surface area contributed by atoms with Gasteiger partial charge in [0.05, 0.1) is 27.9 Å². The van der Waals surface area contributed by atoms with Gasteiger partial charge in [0.25, 0.3) is 0 Å². The smallest absolute Gasteiger partial charge is 0.212 e. The van der Waals surface area contributed by atoms with E-state index in [1.165, 1.54) is 27.9 Å². The molecule has 1 aliphatic rings. The Bertz CT molecular complexity index is 1830. The van der Waals surface area contributed by atoms with Gasteiger partial charge >= 0.3 is 0 Å². The van der Waals surface area contributed by atoms with Crippen LogP contribution in [0.25, 0.3) is 33.0 Å². The van der Waals surface area contributed by atoms with Crippen LogP contribution in [0, 0.1) is 6.92 Å². The van der Waals surface area contributed by atoms with Crippen LogP contribution in [0.5, 0.6) is 0 Å². The van der Waals surface area contributed by atoms with Gasteiger partial charge < -0.3 is 13.9 Å². The molecule has 4 aromatic carbocycles. The molecule has 0 radical (unpaired) electrons. The molecular weight excluding hydrogens is 456 g/mol. The van der Waals surface area contributed by atoms with Crippen LogP contribution in [-0.2, 0) is 12.6 Å². The molecule has 0 bridgehead atoms. The molecule has 184 valence electrons. The molecule has 0 spiro atoms. The van der Waals surface area contributed by atoms with Crippen LogP contribution in [0.2, 0.25) is 0 Å². The van der Waals surface area contributed by atoms with Crippen LogP contribution < -0.4 is 9.80 Å². The van der Waals surface area contributed by atoms with Crippen LogP contribution in [0.4, 0.5) is 17.3 Å². The molecule has 5 heteroatoms. The number of para-hydroxylation sites is 5. The second-order valence-corrected chi connectivity index (χ2v) is 10.6. The van der Waals surface area contributed by atoms with Crippen LogP contribution in [0.1, 0.15) is 31.9 Å². The van der Waals surface area contributed by atoms with Gasteiger partial charge in [0.1, 0.15) is 17.3 Å². The number of hydrogen-bond acceptors (Lipinski definition) is 4. The number of imidazole rings is 1. The van der Waals surface area contributed by atoms with Crippen LogP contribution >= 0.6 is 0 Å². The topological polar surface area (TPSA) is 37.4 Å². The van der Waals surface area contributed by atoms with Crippen molar-refractivity contribution in [2.45, 2.75) is 39.4 Å². The zero-order valence-corrected chi connectivity index (χ0v) is 21.9. The molecule has 0 saturated carbocycles. The van der Waals surface area contributed by atoms with Gasteiger partial charge in [-0.2, -0.15) is 0 Å². The van der Waals surface area contributed by atoms with Crippen molar-refractivity contribution in [3.63, 3.8) is 0 Å². The van der Waals surface area contributed by atoms with E-state index in [1.807, 2.05) is 6.07 Å². The number of aryl methyl sites for hydroxylation is 2. The third kappa shape index (κ3) is 2.94. The number of nitrogens with zero attached hydrogens (tertiary/aromatic N) is 4. The van der Waals surface area contributed by atoms with Gasteiger partial charge in [0.15, 0.2) is 0 Å². The lowest BCUT2D eigenvalue weighted by Gasteiger charge is -2.43. The minimum absolute atomic E-state index is 0.0377. The number of benzene rings is 4. The average Bonchev–Trinajstić information content (AvgIpc) is 3.52. The molecule has 3 heterocycles. The predicted molar refractivity (Wildman–Crippen MR) is 153 cm³/mol. The number of rotatable bonds is 3. The third-order valence-electron chi connectivity index (χ3n) is 8.09. The lowest BCUT2D eigenvalue weighted by molar-refractivity contribution is 0.447. The Labute approximate surface area is 216 Å². The number of furan rings is 1. The highest BCUT2D eigenvalue weighted by Crippen LogP contribution is 2.51. The Morgan fingerprint density at radius 2 is 1.51 bits per heavy atom. The minimum Gasteiger partial charge on any atom is -0.456 e. The van der Waals surface area contributed by atoms with Gasteiger partial charge in [-0.15, -0.1) is 0 Å². The molecule has 5 nitrogen and oxygen atoms in total. The first-order valence-corrected chi connectivity index (χ1v) is 12.9. The standard InChI is InChI=1S/C32H30N4O/c1-20-18-19-28-29(22-12-6-11-17-27(22)37-28)30(20)32(3,4)36-21(2)35(25-15-9-10-16-26(25)36)31-33-23-13-7-8-14-24(23)34(31)5/h6-19,21H,1-5H3/t21-/m1/s1. The van der Waals surface area contributed by atoms with Crippen molar-refractivity contribution in [2.75, 3.05) is 9.80 Å². The SMILES string of the molecule is Cc1ccc2oc3ccccc3c2c1C(C)(C)N1c2ccccc2N(c2nc3ccccc3n2C)[C@H]1C. The van der Waals surface area contributed by atoms with Crippen molar-refractivity contribution in [2.24, 2.45) is 7.05 Å². The second kappa shape index (κ2) is 7.62. The maximum absolute atomic E-state index is 6.30. The second-order valence-electron chi connectivity index (χ2n) is 10.6. The molecule has 0 aliphatic carbocycles. The molecular formula is C32H30N4O. The summed E-state index contributed by atoms with van der Waals surface area (Å²) in [7, 11) is 2.11. The maximum atomic E-state index is 6.30. The normalized spacial score (nSPS) is 15.9. The van der Waals surface area contributed by atoms with E-state index in [4.69, 9.17) is 9.40 Å². The van der Waals surface area contributed by atoms with Gasteiger partial charge in [-0.1, -0.05) is 48.5 Å². The fourth-order valence-electron chi connectivity index (χ4n) is 6.61. The molecule has 0 fully saturated rings. The molecule has 2 aromatic heterocycles. The summed E-state index contributed by atoms with van der Waals surface area (Å²) >= 11 is 0. The Morgan fingerprint density at radius 1 is 0.811 bits per heavy atom. The van der Waals surface area contributed by atoms with Crippen LogP contribution in [0.15, 0.2) is 89.3 Å². The van der Waals surface area contributed by atoms with Crippen molar-refractivity contribution >= 4 is 50.3 Å². The highest BCUT2D eigenvalue weighted by atomic mass is 16.3. The fraction of sp³-hybridized carbons (Fsp3) is 0.219. The van der Waals surface area contributed by atoms with Gasteiger partial charge in [-0.3, -0.25) is 4.90 Å². The van der Waals surface area contributed by atoms with Gasteiger partial charge in [0, 0.05) is 17.8 Å². The summed E-state index contributed by atoms with van der Waals surface area (Å²) in [5.41, 5.74) is 8.58. The van der Waals surface area contributed by atoms with E-state index in [9.17, 15) is 0 Å². The zero-order valence-electron chi connectivity index (χ0n) is 21.9. The molecule has 0 N–H and O–H groups in total. The number of aromatic nitrogens is 2. The summed E-state index contributed by atoms with van der Waals surface area (Å²) in [6, 6.07) is 29.7. The average molecular weight is 487 g/mol. The van der Waals surface area contributed by atoms with Crippen molar-refractivity contribution < 1.29 is 4.42 Å². The predicted octanol–water partition coefficient (Wildman–Crippen LogP) is 8.02. The Kier molecular flexibility index (Phi) is 4.53. The monoisotopic (exact) mass is 486 g/mol. The summed E-state index contributed by atoms with van der Waals surface area (Å²) in [5, 5.41) is 2.36. The van der Waals surface area contributed by atoms with E-state index < -0.39 is 0 Å². The van der Waals surface area contributed by atoms with Gasteiger partial charge in [0.2, 0.25) is 5.95 Å². The van der Waals surface area contributed by atoms with E-state index >= 15 is 0 Å². The summed E-state index contributed by atoms with van der Waals surface area (Å²) in [4.78, 5) is 10.0. The molecule has 1 aliphatic heterocycles. The lowest BCUT2D eigenvalue weighted by Crippen LogP contribution is -2.50. The van der Waals surface area contributed by atoms with Gasteiger partial charge in [-0.25, -0.2) is 4.98 Å². The van der Waals surface area contributed by atoms with Crippen LogP contribution in [0.3, 0.4) is 0 Å². The summed E-state index contributed by atoms with van der Waals surface area (Å²) in [5.74, 6) is 0.947. The Hall–Kier alpha value is -4.25. The molecule has 7 rings (SSSR count). The first-order valence-electron chi connectivity index (χ1n) is 12.9. The number of fused-ring (bicyclic) bond motifs is 5. The first kappa shape index (κ1) is 22.0. The van der Waals surface area contributed by atoms with E-state index in [0.717, 1.165) is 33.5 Å². The van der Waals surface area contributed by atoms with Crippen molar-refractivity contribution in [3.8, 4) is 0 Å². The summed E-state index contributed by atoms with van der Waals surface area (Å²) < 4.78 is 8.50. The first-order chi connectivity index (χ1) is 17.9. The maximum Gasteiger partial charge on any atom is 0.212 e. The van der Waals surface area contributed by atoms with Crippen molar-refractivity contribution in [1.82, 2.24) is 9.55 Å².